The van der Waals surface area contributed by atoms with Crippen molar-refractivity contribution >= 4 is 11.4 Å². The number of rotatable bonds is 8. The molecule has 0 amide bonds. The highest BCUT2D eigenvalue weighted by Gasteiger charge is 2.24. The van der Waals surface area contributed by atoms with Crippen molar-refractivity contribution in [1.82, 2.24) is 0 Å². The van der Waals surface area contributed by atoms with Gasteiger partial charge in [-0.3, -0.25) is 4.79 Å². The van der Waals surface area contributed by atoms with E-state index in [0.717, 1.165) is 29.5 Å². The summed E-state index contributed by atoms with van der Waals surface area (Å²) in [6.45, 7) is 1.54. The lowest BCUT2D eigenvalue weighted by molar-refractivity contribution is -0.112. The Morgan fingerprint density at radius 2 is 1.27 bits per heavy atom. The Balaban J connectivity index is 1.70. The smallest absolute Gasteiger partial charge is 0.162 e. The van der Waals surface area contributed by atoms with Crippen LogP contribution in [0.25, 0.3) is 5.57 Å². The van der Waals surface area contributed by atoms with Crippen LogP contribution in [0.4, 0.5) is 0 Å². The fourth-order valence-corrected chi connectivity index (χ4v) is 4.26. The first-order valence-electron chi connectivity index (χ1n) is 10.9. The van der Waals surface area contributed by atoms with Crippen LogP contribution in [-0.4, -0.2) is 33.2 Å². The molecule has 4 rings (SSSR count). The second-order valence-corrected chi connectivity index (χ2v) is 8.02. The molecule has 170 valence electrons. The zero-order valence-electron chi connectivity index (χ0n) is 19.4. The molecule has 0 fully saturated rings. The molecule has 0 saturated carbocycles. The fraction of sp³-hybridized carbons (Fsp3) is 0.250. The van der Waals surface area contributed by atoms with E-state index in [-0.39, 0.29) is 11.9 Å². The first-order chi connectivity index (χ1) is 16.0. The zero-order chi connectivity index (χ0) is 23.4. The number of hydrogen-bond acceptors (Lipinski definition) is 5. The van der Waals surface area contributed by atoms with E-state index in [0.29, 0.717) is 23.0 Å². The van der Waals surface area contributed by atoms with Crippen LogP contribution in [0.15, 0.2) is 66.7 Å². The van der Waals surface area contributed by atoms with Crippen molar-refractivity contribution in [2.24, 2.45) is 0 Å². The van der Waals surface area contributed by atoms with Gasteiger partial charge in [0.1, 0.15) is 6.10 Å². The Labute approximate surface area is 194 Å². The lowest BCUT2D eigenvalue weighted by Crippen LogP contribution is -2.17. The van der Waals surface area contributed by atoms with Crippen LogP contribution in [0.1, 0.15) is 29.2 Å². The van der Waals surface area contributed by atoms with Gasteiger partial charge in [0.25, 0.3) is 0 Å². The predicted molar refractivity (Wildman–Crippen MR) is 129 cm³/mol. The van der Waals surface area contributed by atoms with E-state index in [1.807, 2.05) is 36.4 Å². The minimum absolute atomic E-state index is 0.0351. The number of carbonyl (C=O) groups is 1. The molecule has 0 spiro atoms. The number of hydrogen-bond donors (Lipinski definition) is 0. The van der Waals surface area contributed by atoms with E-state index in [9.17, 15) is 4.79 Å². The summed E-state index contributed by atoms with van der Waals surface area (Å²) in [5.74, 6) is 2.48. The molecular formula is C28H28O5. The number of allylic oxidation sites excluding steroid dienone is 1. The Morgan fingerprint density at radius 3 is 1.79 bits per heavy atom. The molecule has 33 heavy (non-hydrogen) atoms. The van der Waals surface area contributed by atoms with Crippen molar-refractivity contribution in [2.75, 3.05) is 21.3 Å². The third-order valence-corrected chi connectivity index (χ3v) is 5.82. The summed E-state index contributed by atoms with van der Waals surface area (Å²) in [4.78, 5) is 12.1. The summed E-state index contributed by atoms with van der Waals surface area (Å²) >= 11 is 0. The number of methoxy groups -OCH3 is 3. The Bertz CT molecular complexity index is 1170. The summed E-state index contributed by atoms with van der Waals surface area (Å²) in [7, 11) is 4.82. The molecule has 5 heteroatoms. The Hall–Kier alpha value is -3.73. The average molecular weight is 445 g/mol. The SMILES string of the molecule is COc1ccc(/C(=C\C(C)=O)c2ccc(OC)c(OC3Cc4ccccc4C3)c2)cc1OC. The van der Waals surface area contributed by atoms with Gasteiger partial charge in [0.2, 0.25) is 0 Å². The summed E-state index contributed by atoms with van der Waals surface area (Å²) < 4.78 is 22.8. The summed E-state index contributed by atoms with van der Waals surface area (Å²) in [6.07, 6.45) is 3.37. The normalized spacial score (nSPS) is 13.4. The second-order valence-electron chi connectivity index (χ2n) is 8.02. The van der Waals surface area contributed by atoms with E-state index in [1.165, 1.54) is 18.1 Å². The van der Waals surface area contributed by atoms with Gasteiger partial charge in [0, 0.05) is 12.8 Å². The van der Waals surface area contributed by atoms with Crippen molar-refractivity contribution in [3.63, 3.8) is 0 Å². The van der Waals surface area contributed by atoms with Gasteiger partial charge < -0.3 is 18.9 Å². The number of carbonyl (C=O) groups excluding carboxylic acids is 1. The summed E-state index contributed by atoms with van der Waals surface area (Å²) in [5.41, 5.74) is 5.10. The van der Waals surface area contributed by atoms with Crippen LogP contribution >= 0.6 is 0 Å². The standard InChI is InChI=1S/C28H28O5/c1-18(29)13-24(21-9-11-25(30-2)27(16-21)32-4)22-10-12-26(31-3)28(17-22)33-23-14-19-7-5-6-8-20(19)15-23/h5-13,16-17,23H,14-15H2,1-4H3/b24-13+. The van der Waals surface area contributed by atoms with Crippen molar-refractivity contribution < 1.29 is 23.7 Å². The maximum atomic E-state index is 12.1. The number of ether oxygens (including phenoxy) is 4. The zero-order valence-corrected chi connectivity index (χ0v) is 19.4. The van der Waals surface area contributed by atoms with Crippen LogP contribution in [0.2, 0.25) is 0 Å². The third kappa shape index (κ3) is 4.87. The molecule has 0 radical (unpaired) electrons. The van der Waals surface area contributed by atoms with Gasteiger partial charge in [0.15, 0.2) is 28.8 Å². The van der Waals surface area contributed by atoms with E-state index in [4.69, 9.17) is 18.9 Å². The maximum Gasteiger partial charge on any atom is 0.162 e. The molecule has 0 unspecified atom stereocenters. The molecular weight excluding hydrogens is 416 g/mol. The summed E-state index contributed by atoms with van der Waals surface area (Å²) in [5, 5.41) is 0. The minimum Gasteiger partial charge on any atom is -0.493 e. The van der Waals surface area contributed by atoms with Crippen LogP contribution in [-0.2, 0) is 17.6 Å². The van der Waals surface area contributed by atoms with Crippen molar-refractivity contribution in [1.29, 1.82) is 0 Å². The molecule has 0 saturated heterocycles. The molecule has 1 aliphatic carbocycles. The predicted octanol–water partition coefficient (Wildman–Crippen LogP) is 5.28. The second kappa shape index (κ2) is 9.82. The lowest BCUT2D eigenvalue weighted by Gasteiger charge is -2.18. The van der Waals surface area contributed by atoms with Crippen molar-refractivity contribution in [3.8, 4) is 23.0 Å². The van der Waals surface area contributed by atoms with E-state index in [2.05, 4.69) is 24.3 Å². The van der Waals surface area contributed by atoms with Crippen molar-refractivity contribution in [2.45, 2.75) is 25.9 Å². The molecule has 0 aromatic heterocycles. The monoisotopic (exact) mass is 444 g/mol. The van der Waals surface area contributed by atoms with E-state index in [1.54, 1.807) is 27.4 Å². The highest BCUT2D eigenvalue weighted by Crippen LogP contribution is 2.37. The van der Waals surface area contributed by atoms with Crippen molar-refractivity contribution in [3.05, 3.63) is 89.0 Å². The Kier molecular flexibility index (Phi) is 6.68. The molecule has 3 aromatic rings. The largest absolute Gasteiger partial charge is 0.493 e. The summed E-state index contributed by atoms with van der Waals surface area (Å²) in [6, 6.07) is 19.8. The third-order valence-electron chi connectivity index (χ3n) is 5.82. The minimum atomic E-state index is -0.0516. The van der Waals surface area contributed by atoms with E-state index < -0.39 is 0 Å². The van der Waals surface area contributed by atoms with Crippen LogP contribution in [0.3, 0.4) is 0 Å². The van der Waals surface area contributed by atoms with Gasteiger partial charge in [0.05, 0.1) is 21.3 Å². The Morgan fingerprint density at radius 1 is 0.758 bits per heavy atom. The maximum absolute atomic E-state index is 12.1. The van der Waals surface area contributed by atoms with Crippen LogP contribution < -0.4 is 18.9 Å². The first kappa shape index (κ1) is 22.5. The quantitative estimate of drug-likeness (QED) is 0.443. The number of ketones is 1. The molecule has 1 aliphatic rings. The molecule has 0 bridgehead atoms. The van der Waals surface area contributed by atoms with Crippen LogP contribution in [0, 0.1) is 0 Å². The topological polar surface area (TPSA) is 54.0 Å². The first-order valence-corrected chi connectivity index (χ1v) is 10.9. The number of benzene rings is 3. The molecule has 3 aromatic carbocycles. The molecule has 0 aliphatic heterocycles. The molecule has 0 N–H and O–H groups in total. The van der Waals surface area contributed by atoms with Crippen LogP contribution in [0.5, 0.6) is 23.0 Å². The average Bonchev–Trinajstić information content (AvgIpc) is 3.24. The number of fused-ring (bicyclic) bond motifs is 1. The van der Waals surface area contributed by atoms with Gasteiger partial charge in [-0.05, 0) is 65.1 Å². The van der Waals surface area contributed by atoms with Gasteiger partial charge in [-0.2, -0.15) is 0 Å². The highest BCUT2D eigenvalue weighted by molar-refractivity contribution is 5.99. The van der Waals surface area contributed by atoms with Gasteiger partial charge in [-0.1, -0.05) is 36.4 Å². The fourth-order valence-electron chi connectivity index (χ4n) is 4.26. The van der Waals surface area contributed by atoms with Gasteiger partial charge >= 0.3 is 0 Å². The lowest BCUT2D eigenvalue weighted by atomic mass is 9.96. The highest BCUT2D eigenvalue weighted by atomic mass is 16.5. The molecule has 5 nitrogen and oxygen atoms in total. The molecule has 0 heterocycles. The molecule has 0 atom stereocenters. The van der Waals surface area contributed by atoms with E-state index >= 15 is 0 Å². The van der Waals surface area contributed by atoms with Gasteiger partial charge in [-0.15, -0.1) is 0 Å². The van der Waals surface area contributed by atoms with Gasteiger partial charge in [-0.25, -0.2) is 0 Å².